The third-order valence-corrected chi connectivity index (χ3v) is 2.33. The number of nitrogens with zero attached hydrogens (tertiary/aromatic N) is 1. The van der Waals surface area contributed by atoms with E-state index in [1.807, 2.05) is 0 Å². The molecule has 0 saturated carbocycles. The fourth-order valence-electron chi connectivity index (χ4n) is 1.17. The van der Waals surface area contributed by atoms with Gasteiger partial charge in [0.2, 0.25) is 0 Å². The van der Waals surface area contributed by atoms with Gasteiger partial charge in [0, 0.05) is 6.20 Å². The van der Waals surface area contributed by atoms with E-state index in [9.17, 15) is 0 Å². The molecule has 0 spiro atoms. The summed E-state index contributed by atoms with van der Waals surface area (Å²) < 4.78 is 0. The molecule has 2 heteroatoms. The molecule has 0 aliphatic heterocycles. The van der Waals surface area contributed by atoms with E-state index in [0.717, 1.165) is 0 Å². The molecule has 0 bridgehead atoms. The molecule has 1 nitrogen and oxygen atoms in total. The molecular weight excluding hydrogens is 206 g/mol. The van der Waals surface area contributed by atoms with Crippen molar-refractivity contribution in [3.05, 3.63) is 53.3 Å². The van der Waals surface area contributed by atoms with Gasteiger partial charge in [-0.3, -0.25) is 0 Å². The van der Waals surface area contributed by atoms with Crippen molar-refractivity contribution < 1.29 is 0 Å². The first-order valence-corrected chi connectivity index (χ1v) is 4.86. The number of fused-ring (bicyclic) bond motifs is 1. The average Bonchev–Trinajstić information content (AvgIpc) is 2.87. The number of pyridine rings is 1. The quantitative estimate of drug-likeness (QED) is 0.412. The Balaban J connectivity index is 0.000000121. The van der Waals surface area contributed by atoms with Crippen molar-refractivity contribution >= 4 is 11.6 Å². The second kappa shape index (κ2) is 4.16. The molecule has 0 amide bonds. The molecule has 15 heavy (non-hydrogen) atoms. The van der Waals surface area contributed by atoms with Gasteiger partial charge in [0.05, 0.1) is 5.56 Å². The van der Waals surface area contributed by atoms with Gasteiger partial charge in [0.1, 0.15) is 5.15 Å². The fourth-order valence-corrected chi connectivity index (χ4v) is 1.34. The number of benzene rings is 1. The number of halogens is 1. The second-order valence-electron chi connectivity index (χ2n) is 3.07. The van der Waals surface area contributed by atoms with Crippen molar-refractivity contribution in [2.75, 3.05) is 0 Å². The van der Waals surface area contributed by atoms with Crippen LogP contribution in [0.15, 0.2) is 42.6 Å². The third-order valence-electron chi connectivity index (χ3n) is 2.03. The smallest absolute Gasteiger partial charge is 0.144 e. The Morgan fingerprint density at radius 1 is 1.13 bits per heavy atom. The van der Waals surface area contributed by atoms with Gasteiger partial charge >= 0.3 is 0 Å². The minimum absolute atomic E-state index is 0.389. The molecule has 0 saturated heterocycles. The lowest BCUT2D eigenvalue weighted by Crippen LogP contribution is -1.77. The lowest BCUT2D eigenvalue weighted by atomic mass is 10.3. The van der Waals surface area contributed by atoms with Gasteiger partial charge in [0.25, 0.3) is 0 Å². The molecule has 0 atom stereocenters. The minimum Gasteiger partial charge on any atom is -0.243 e. The number of rotatable bonds is 0. The Morgan fingerprint density at radius 2 is 1.87 bits per heavy atom. The Bertz CT molecular complexity index is 509. The minimum atomic E-state index is 0.389. The van der Waals surface area contributed by atoms with Crippen LogP contribution >= 0.6 is 11.6 Å². The van der Waals surface area contributed by atoms with Crippen molar-refractivity contribution in [2.24, 2.45) is 0 Å². The van der Waals surface area contributed by atoms with Gasteiger partial charge in [-0.05, 0) is 29.3 Å². The molecule has 0 fully saturated rings. The van der Waals surface area contributed by atoms with E-state index in [2.05, 4.69) is 35.2 Å². The first-order valence-electron chi connectivity index (χ1n) is 4.49. The predicted octanol–water partition coefficient (Wildman–Crippen LogP) is 3.38. The SMILES string of the molecule is C#Cc1cccnc1Cl.c1cc2cc-2c1. The van der Waals surface area contributed by atoms with Crippen LogP contribution in [0.25, 0.3) is 11.1 Å². The maximum atomic E-state index is 5.57. The zero-order valence-corrected chi connectivity index (χ0v) is 8.70. The molecule has 0 unspecified atom stereocenters. The highest BCUT2D eigenvalue weighted by Crippen LogP contribution is 2.32. The molecule has 3 rings (SSSR count). The summed E-state index contributed by atoms with van der Waals surface area (Å²) in [5.74, 6) is 2.40. The van der Waals surface area contributed by atoms with Crippen molar-refractivity contribution in [3.8, 4) is 23.5 Å². The van der Waals surface area contributed by atoms with Gasteiger partial charge in [-0.2, -0.15) is 0 Å². The van der Waals surface area contributed by atoms with E-state index in [4.69, 9.17) is 18.0 Å². The number of aromatic nitrogens is 1. The summed E-state index contributed by atoms with van der Waals surface area (Å²) >= 11 is 5.57. The van der Waals surface area contributed by atoms with E-state index < -0.39 is 0 Å². The number of hydrogen-bond acceptors (Lipinski definition) is 1. The summed E-state index contributed by atoms with van der Waals surface area (Å²) in [7, 11) is 0. The monoisotopic (exact) mass is 213 g/mol. The van der Waals surface area contributed by atoms with E-state index in [0.29, 0.717) is 10.7 Å². The Kier molecular flexibility index (Phi) is 2.71. The molecular formula is C13H8ClN. The zero-order valence-electron chi connectivity index (χ0n) is 7.94. The van der Waals surface area contributed by atoms with Gasteiger partial charge in [-0.25, -0.2) is 4.98 Å². The van der Waals surface area contributed by atoms with Crippen molar-refractivity contribution in [3.63, 3.8) is 0 Å². The first-order chi connectivity index (χ1) is 7.31. The molecule has 0 radical (unpaired) electrons. The molecule has 1 aromatic heterocycles. The largest absolute Gasteiger partial charge is 0.243 e. The van der Waals surface area contributed by atoms with Gasteiger partial charge in [-0.15, -0.1) is 6.42 Å². The van der Waals surface area contributed by atoms with E-state index in [-0.39, 0.29) is 0 Å². The van der Waals surface area contributed by atoms with Crippen LogP contribution in [-0.2, 0) is 0 Å². The molecule has 1 heterocycles. The lowest BCUT2D eigenvalue weighted by Gasteiger charge is -1.89. The highest BCUT2D eigenvalue weighted by molar-refractivity contribution is 6.30. The van der Waals surface area contributed by atoms with Crippen LogP contribution in [0, 0.1) is 12.3 Å². The predicted molar refractivity (Wildman–Crippen MR) is 62.6 cm³/mol. The summed E-state index contributed by atoms with van der Waals surface area (Å²) in [5, 5.41) is 0.389. The molecule has 1 aromatic rings. The highest BCUT2D eigenvalue weighted by atomic mass is 35.5. The van der Waals surface area contributed by atoms with Crippen molar-refractivity contribution in [1.82, 2.24) is 4.98 Å². The van der Waals surface area contributed by atoms with Crippen molar-refractivity contribution in [1.29, 1.82) is 0 Å². The van der Waals surface area contributed by atoms with Crippen LogP contribution in [0.2, 0.25) is 5.15 Å². The highest BCUT2D eigenvalue weighted by Gasteiger charge is 2.06. The molecule has 2 aliphatic rings. The average molecular weight is 214 g/mol. The van der Waals surface area contributed by atoms with Crippen LogP contribution < -0.4 is 0 Å². The maximum absolute atomic E-state index is 5.57. The standard InChI is InChI=1S/C7H4ClN.C6H4/c1-2-6-4-3-5-9-7(6)8;1-2-5-4-6(5)3-1/h1,3-5H;1-4H. The molecule has 0 aromatic carbocycles. The third kappa shape index (κ3) is 2.37. The van der Waals surface area contributed by atoms with E-state index in [1.165, 1.54) is 11.1 Å². The molecule has 2 aliphatic carbocycles. The van der Waals surface area contributed by atoms with Crippen LogP contribution in [0.5, 0.6) is 0 Å². The van der Waals surface area contributed by atoms with Gasteiger partial charge in [-0.1, -0.05) is 35.7 Å². The van der Waals surface area contributed by atoms with Crippen LogP contribution in [0.4, 0.5) is 0 Å². The van der Waals surface area contributed by atoms with Gasteiger partial charge < -0.3 is 0 Å². The summed E-state index contributed by atoms with van der Waals surface area (Å²) in [6.45, 7) is 0. The summed E-state index contributed by atoms with van der Waals surface area (Å²) in [6.07, 6.45) is 6.68. The normalized spacial score (nSPS) is 9.60. The van der Waals surface area contributed by atoms with Gasteiger partial charge in [0.15, 0.2) is 0 Å². The van der Waals surface area contributed by atoms with Crippen LogP contribution in [0.3, 0.4) is 0 Å². The van der Waals surface area contributed by atoms with Crippen molar-refractivity contribution in [2.45, 2.75) is 0 Å². The molecule has 72 valence electrons. The maximum Gasteiger partial charge on any atom is 0.144 e. The second-order valence-corrected chi connectivity index (χ2v) is 3.42. The lowest BCUT2D eigenvalue weighted by molar-refractivity contribution is 1.31. The summed E-state index contributed by atoms with van der Waals surface area (Å²) in [4.78, 5) is 3.77. The number of hydrogen-bond donors (Lipinski definition) is 0. The number of terminal acetylenes is 1. The Labute approximate surface area is 93.7 Å². The van der Waals surface area contributed by atoms with Crippen LogP contribution in [0.1, 0.15) is 5.56 Å². The van der Waals surface area contributed by atoms with E-state index >= 15 is 0 Å². The summed E-state index contributed by atoms with van der Waals surface area (Å²) in [5.41, 5.74) is 3.49. The first kappa shape index (κ1) is 9.76. The zero-order chi connectivity index (χ0) is 10.7. The fraction of sp³-hybridized carbons (Fsp3) is 0. The van der Waals surface area contributed by atoms with E-state index in [1.54, 1.807) is 18.3 Å². The summed E-state index contributed by atoms with van der Waals surface area (Å²) in [6, 6.07) is 12.0. The Morgan fingerprint density at radius 3 is 2.20 bits per heavy atom. The van der Waals surface area contributed by atoms with Crippen LogP contribution in [-0.4, -0.2) is 4.98 Å². The molecule has 0 N–H and O–H groups in total. The Hall–Kier alpha value is -1.78. The topological polar surface area (TPSA) is 12.9 Å².